The summed E-state index contributed by atoms with van der Waals surface area (Å²) >= 11 is 0. The third-order valence-corrected chi connectivity index (χ3v) is 2.74. The molecule has 0 radical (unpaired) electrons. The second-order valence-corrected chi connectivity index (χ2v) is 4.26. The fourth-order valence-corrected chi connectivity index (χ4v) is 1.67. The Hall–Kier alpha value is -3.09. The highest BCUT2D eigenvalue weighted by molar-refractivity contribution is 5.77. The smallest absolute Gasteiger partial charge is 0.311 e. The Morgan fingerprint density at radius 3 is 2.64 bits per heavy atom. The van der Waals surface area contributed by atoms with E-state index < -0.39 is 4.92 Å². The van der Waals surface area contributed by atoms with E-state index in [0.717, 1.165) is 0 Å². The molecule has 0 unspecified atom stereocenters. The molecule has 0 saturated carbocycles. The number of ether oxygens (including phenoxy) is 2. The van der Waals surface area contributed by atoms with Crippen LogP contribution in [0.25, 0.3) is 0 Å². The van der Waals surface area contributed by atoms with Crippen LogP contribution in [0.4, 0.5) is 5.69 Å². The van der Waals surface area contributed by atoms with Gasteiger partial charge >= 0.3 is 5.69 Å². The van der Waals surface area contributed by atoms with E-state index in [-0.39, 0.29) is 24.0 Å². The summed E-state index contributed by atoms with van der Waals surface area (Å²) in [7, 11) is 1.51. The van der Waals surface area contributed by atoms with Gasteiger partial charge in [-0.25, -0.2) is 0 Å². The van der Waals surface area contributed by atoms with E-state index >= 15 is 0 Å². The zero-order chi connectivity index (χ0) is 15.9. The number of nitro benzene ring substituents is 1. The molecule has 2 aromatic carbocycles. The van der Waals surface area contributed by atoms with Crippen LogP contribution < -0.4 is 14.8 Å². The fraction of sp³-hybridized carbons (Fsp3) is 0.133. The van der Waals surface area contributed by atoms with Gasteiger partial charge in [0.25, 0.3) is 5.91 Å². The van der Waals surface area contributed by atoms with E-state index in [0.29, 0.717) is 11.5 Å². The van der Waals surface area contributed by atoms with Crippen molar-refractivity contribution in [3.05, 3.63) is 58.6 Å². The van der Waals surface area contributed by atoms with Crippen LogP contribution in [0.2, 0.25) is 0 Å². The number of para-hydroxylation sites is 2. The van der Waals surface area contributed by atoms with Gasteiger partial charge < -0.3 is 14.8 Å². The molecule has 7 nitrogen and oxygen atoms in total. The number of hydrogen-bond acceptors (Lipinski definition) is 5. The van der Waals surface area contributed by atoms with Crippen LogP contribution in [-0.2, 0) is 4.79 Å². The van der Waals surface area contributed by atoms with Gasteiger partial charge in [0.15, 0.2) is 6.61 Å². The van der Waals surface area contributed by atoms with Crippen molar-refractivity contribution in [1.29, 1.82) is 0 Å². The van der Waals surface area contributed by atoms with Crippen LogP contribution in [-0.4, -0.2) is 24.5 Å². The highest BCUT2D eigenvalue weighted by atomic mass is 16.6. The summed E-state index contributed by atoms with van der Waals surface area (Å²) in [6.07, 6.45) is 0. The molecular formula is C15H14N2O5. The number of amides is 1. The largest absolute Gasteiger partial charge is 0.484 e. The van der Waals surface area contributed by atoms with Crippen molar-refractivity contribution in [2.75, 3.05) is 13.7 Å². The minimum Gasteiger partial charge on any atom is -0.484 e. The zero-order valence-corrected chi connectivity index (χ0v) is 11.8. The van der Waals surface area contributed by atoms with E-state index in [1.165, 1.54) is 19.2 Å². The molecule has 0 aromatic heterocycles. The van der Waals surface area contributed by atoms with Crippen molar-refractivity contribution in [2.45, 2.75) is 0 Å². The first-order valence-corrected chi connectivity index (χ1v) is 6.45. The standard InChI is InChI=1S/C15H14N2O5/c1-16-15(18)10-21-11-5-4-6-12(9-11)22-14-8-3-2-7-13(14)17(19)20/h2-9H,10H2,1H3,(H,16,18). The molecule has 2 rings (SSSR count). The number of carbonyl (C=O) groups excluding carboxylic acids is 1. The molecule has 0 aliphatic carbocycles. The van der Waals surface area contributed by atoms with E-state index in [4.69, 9.17) is 9.47 Å². The maximum absolute atomic E-state index is 11.1. The third kappa shape index (κ3) is 3.95. The summed E-state index contributed by atoms with van der Waals surface area (Å²) in [4.78, 5) is 21.6. The van der Waals surface area contributed by atoms with Crippen molar-refractivity contribution in [3.63, 3.8) is 0 Å². The van der Waals surface area contributed by atoms with Gasteiger partial charge in [-0.3, -0.25) is 14.9 Å². The van der Waals surface area contributed by atoms with Gasteiger partial charge in [0, 0.05) is 19.2 Å². The Kier molecular flexibility index (Phi) is 4.92. The zero-order valence-electron chi connectivity index (χ0n) is 11.8. The molecule has 0 aliphatic rings. The molecule has 114 valence electrons. The number of nitrogens with one attached hydrogen (secondary N) is 1. The molecular weight excluding hydrogens is 288 g/mol. The second-order valence-electron chi connectivity index (χ2n) is 4.26. The molecule has 1 amide bonds. The molecule has 2 aromatic rings. The Balaban J connectivity index is 2.14. The van der Waals surface area contributed by atoms with Crippen LogP contribution >= 0.6 is 0 Å². The summed E-state index contributed by atoms with van der Waals surface area (Å²) in [5, 5.41) is 13.4. The Morgan fingerprint density at radius 1 is 1.18 bits per heavy atom. The molecule has 0 fully saturated rings. The molecule has 7 heteroatoms. The second kappa shape index (κ2) is 7.07. The van der Waals surface area contributed by atoms with Crippen molar-refractivity contribution in [3.8, 4) is 17.2 Å². The van der Waals surface area contributed by atoms with Gasteiger partial charge in [0.1, 0.15) is 11.5 Å². The average Bonchev–Trinajstić information content (AvgIpc) is 2.53. The fourth-order valence-electron chi connectivity index (χ4n) is 1.67. The van der Waals surface area contributed by atoms with Crippen LogP contribution in [0.3, 0.4) is 0 Å². The van der Waals surface area contributed by atoms with Gasteiger partial charge in [-0.05, 0) is 18.2 Å². The normalized spacial score (nSPS) is 9.86. The van der Waals surface area contributed by atoms with Crippen LogP contribution in [0.1, 0.15) is 0 Å². The first kappa shape index (κ1) is 15.3. The topological polar surface area (TPSA) is 90.7 Å². The van der Waals surface area contributed by atoms with Crippen molar-refractivity contribution >= 4 is 11.6 Å². The SMILES string of the molecule is CNC(=O)COc1cccc(Oc2ccccc2[N+](=O)[O-])c1. The van der Waals surface area contributed by atoms with Gasteiger partial charge in [0.05, 0.1) is 4.92 Å². The van der Waals surface area contributed by atoms with Crippen LogP contribution in [0.15, 0.2) is 48.5 Å². The molecule has 0 bridgehead atoms. The van der Waals surface area contributed by atoms with Gasteiger partial charge in [0.2, 0.25) is 5.75 Å². The number of likely N-dealkylation sites (N-methyl/N-ethyl adjacent to an activating group) is 1. The summed E-state index contributed by atoms with van der Waals surface area (Å²) in [5.74, 6) is 0.685. The summed E-state index contributed by atoms with van der Waals surface area (Å²) < 4.78 is 10.8. The number of benzene rings is 2. The minimum absolute atomic E-state index is 0.120. The Bertz CT molecular complexity index is 687. The molecule has 0 saturated heterocycles. The predicted molar refractivity (Wildman–Crippen MR) is 79.2 cm³/mol. The van der Waals surface area contributed by atoms with Crippen molar-refractivity contribution < 1.29 is 19.2 Å². The molecule has 0 aliphatic heterocycles. The first-order valence-electron chi connectivity index (χ1n) is 6.45. The number of carbonyl (C=O) groups is 1. The quantitative estimate of drug-likeness (QED) is 0.654. The van der Waals surface area contributed by atoms with Gasteiger partial charge in [-0.1, -0.05) is 18.2 Å². The number of nitro groups is 1. The number of rotatable bonds is 6. The van der Waals surface area contributed by atoms with E-state index in [2.05, 4.69) is 5.32 Å². The lowest BCUT2D eigenvalue weighted by atomic mass is 10.3. The Morgan fingerprint density at radius 2 is 1.91 bits per heavy atom. The summed E-state index contributed by atoms with van der Waals surface area (Å²) in [6.45, 7) is -0.120. The monoisotopic (exact) mass is 302 g/mol. The number of nitrogens with zero attached hydrogens (tertiary/aromatic N) is 1. The Labute approximate surface area is 126 Å². The average molecular weight is 302 g/mol. The van der Waals surface area contributed by atoms with E-state index in [1.54, 1.807) is 36.4 Å². The van der Waals surface area contributed by atoms with E-state index in [9.17, 15) is 14.9 Å². The maximum atomic E-state index is 11.1. The van der Waals surface area contributed by atoms with Crippen molar-refractivity contribution in [1.82, 2.24) is 5.32 Å². The third-order valence-electron chi connectivity index (χ3n) is 2.74. The van der Waals surface area contributed by atoms with Crippen LogP contribution in [0.5, 0.6) is 17.2 Å². The molecule has 22 heavy (non-hydrogen) atoms. The highest BCUT2D eigenvalue weighted by Gasteiger charge is 2.14. The lowest BCUT2D eigenvalue weighted by molar-refractivity contribution is -0.385. The lowest BCUT2D eigenvalue weighted by Gasteiger charge is -2.09. The first-order chi connectivity index (χ1) is 10.6. The summed E-state index contributed by atoms with van der Waals surface area (Å²) in [6, 6.07) is 12.6. The highest BCUT2D eigenvalue weighted by Crippen LogP contribution is 2.32. The molecule has 1 N–H and O–H groups in total. The van der Waals surface area contributed by atoms with Gasteiger partial charge in [-0.2, -0.15) is 0 Å². The molecule has 0 heterocycles. The minimum atomic E-state index is -0.513. The van der Waals surface area contributed by atoms with Gasteiger partial charge in [-0.15, -0.1) is 0 Å². The van der Waals surface area contributed by atoms with Crippen molar-refractivity contribution in [2.24, 2.45) is 0 Å². The van der Waals surface area contributed by atoms with Crippen LogP contribution in [0, 0.1) is 10.1 Å². The molecule has 0 spiro atoms. The summed E-state index contributed by atoms with van der Waals surface area (Å²) in [5.41, 5.74) is -0.126. The molecule has 0 atom stereocenters. The maximum Gasteiger partial charge on any atom is 0.311 e. The lowest BCUT2D eigenvalue weighted by Crippen LogP contribution is -2.24. The number of hydrogen-bond donors (Lipinski definition) is 1. The predicted octanol–water partition coefficient (Wildman–Crippen LogP) is 2.51. The van der Waals surface area contributed by atoms with E-state index in [1.807, 2.05) is 0 Å².